The number of rotatable bonds is 5. The lowest BCUT2D eigenvalue weighted by molar-refractivity contribution is -0.135. The average molecular weight is 353 g/mol. The van der Waals surface area contributed by atoms with Crippen molar-refractivity contribution >= 4 is 5.91 Å². The molecule has 1 aliphatic heterocycles. The maximum Gasteiger partial charge on any atom is 0.226 e. The van der Waals surface area contributed by atoms with Crippen LogP contribution < -0.4 is 4.74 Å². The third-order valence-electron chi connectivity index (χ3n) is 5.23. The van der Waals surface area contributed by atoms with Gasteiger partial charge in [0, 0.05) is 13.1 Å². The summed E-state index contributed by atoms with van der Waals surface area (Å²) in [5.41, 5.74) is 2.55. The van der Waals surface area contributed by atoms with Crippen molar-refractivity contribution < 1.29 is 14.6 Å². The van der Waals surface area contributed by atoms with Crippen molar-refractivity contribution in [2.75, 3.05) is 19.7 Å². The Balaban J connectivity index is 1.50. The zero-order valence-electron chi connectivity index (χ0n) is 15.6. The van der Waals surface area contributed by atoms with Crippen molar-refractivity contribution in [2.45, 2.75) is 38.7 Å². The van der Waals surface area contributed by atoms with Crippen LogP contribution in [0.1, 0.15) is 29.5 Å². The summed E-state index contributed by atoms with van der Waals surface area (Å²) in [5, 5.41) is 10.8. The molecule has 1 saturated heterocycles. The number of amides is 1. The second-order valence-electron chi connectivity index (χ2n) is 7.30. The van der Waals surface area contributed by atoms with Gasteiger partial charge in [0.05, 0.1) is 6.42 Å². The van der Waals surface area contributed by atoms with Gasteiger partial charge in [0.2, 0.25) is 5.91 Å². The van der Waals surface area contributed by atoms with Crippen LogP contribution in [0.4, 0.5) is 0 Å². The zero-order valence-corrected chi connectivity index (χ0v) is 15.6. The summed E-state index contributed by atoms with van der Waals surface area (Å²) < 4.78 is 5.82. The smallest absolute Gasteiger partial charge is 0.226 e. The summed E-state index contributed by atoms with van der Waals surface area (Å²) >= 11 is 0. The fraction of sp³-hybridized carbons (Fsp3) is 0.409. The lowest BCUT2D eigenvalue weighted by Crippen LogP contribution is -2.49. The highest BCUT2D eigenvalue weighted by Crippen LogP contribution is 2.25. The second kappa shape index (κ2) is 7.92. The van der Waals surface area contributed by atoms with Gasteiger partial charge >= 0.3 is 0 Å². The number of carbonyl (C=O) groups excluding carboxylic acids is 1. The van der Waals surface area contributed by atoms with Gasteiger partial charge < -0.3 is 14.7 Å². The van der Waals surface area contributed by atoms with Crippen LogP contribution in [0, 0.1) is 13.8 Å². The van der Waals surface area contributed by atoms with E-state index in [0.29, 0.717) is 32.4 Å². The molecule has 1 amide bonds. The van der Waals surface area contributed by atoms with Crippen LogP contribution in [0.5, 0.6) is 5.75 Å². The summed E-state index contributed by atoms with van der Waals surface area (Å²) in [5.74, 6) is 0.900. The Morgan fingerprint density at radius 3 is 2.42 bits per heavy atom. The summed E-state index contributed by atoms with van der Waals surface area (Å²) in [6, 6.07) is 15.7. The molecule has 0 bridgehead atoms. The highest BCUT2D eigenvalue weighted by molar-refractivity contribution is 5.78. The van der Waals surface area contributed by atoms with E-state index >= 15 is 0 Å². The van der Waals surface area contributed by atoms with E-state index in [9.17, 15) is 9.90 Å². The van der Waals surface area contributed by atoms with Crippen molar-refractivity contribution in [3.63, 3.8) is 0 Å². The third-order valence-corrected chi connectivity index (χ3v) is 5.23. The van der Waals surface area contributed by atoms with Crippen molar-refractivity contribution in [3.8, 4) is 5.75 Å². The number of likely N-dealkylation sites (tertiary alicyclic amines) is 1. The molecule has 0 aromatic heterocycles. The molecule has 0 saturated carbocycles. The molecule has 1 N–H and O–H groups in total. The molecule has 0 atom stereocenters. The highest BCUT2D eigenvalue weighted by atomic mass is 16.5. The first-order valence-corrected chi connectivity index (χ1v) is 9.19. The molecule has 2 aromatic rings. The molecular formula is C22H27NO3. The lowest BCUT2D eigenvalue weighted by Gasteiger charge is -2.38. The molecule has 2 aromatic carbocycles. The highest BCUT2D eigenvalue weighted by Gasteiger charge is 2.34. The first-order valence-electron chi connectivity index (χ1n) is 9.19. The van der Waals surface area contributed by atoms with E-state index < -0.39 is 5.60 Å². The Morgan fingerprint density at radius 2 is 1.77 bits per heavy atom. The van der Waals surface area contributed by atoms with E-state index in [1.54, 1.807) is 0 Å². The van der Waals surface area contributed by atoms with Crippen LogP contribution in [0.2, 0.25) is 0 Å². The number of hydrogen-bond donors (Lipinski definition) is 1. The molecule has 4 nitrogen and oxygen atoms in total. The van der Waals surface area contributed by atoms with Crippen LogP contribution in [0.15, 0.2) is 48.5 Å². The van der Waals surface area contributed by atoms with Crippen LogP contribution in [0.3, 0.4) is 0 Å². The van der Waals surface area contributed by atoms with Crippen molar-refractivity contribution in [1.29, 1.82) is 0 Å². The number of hydrogen-bond acceptors (Lipinski definition) is 3. The van der Waals surface area contributed by atoms with Crippen LogP contribution in [-0.4, -0.2) is 41.2 Å². The van der Waals surface area contributed by atoms with Gasteiger partial charge in [-0.25, -0.2) is 0 Å². The Hall–Kier alpha value is -2.33. The average Bonchev–Trinajstić information content (AvgIpc) is 2.64. The second-order valence-corrected chi connectivity index (χ2v) is 7.30. The van der Waals surface area contributed by atoms with Crippen molar-refractivity contribution in [2.24, 2.45) is 0 Å². The van der Waals surface area contributed by atoms with Gasteiger partial charge in [0.15, 0.2) is 0 Å². The van der Waals surface area contributed by atoms with E-state index in [1.807, 2.05) is 60.4 Å². The minimum Gasteiger partial charge on any atom is -0.491 e. The maximum atomic E-state index is 12.4. The topological polar surface area (TPSA) is 49.8 Å². The molecule has 0 spiro atoms. The standard InChI is InChI=1S/C22H27NO3/c1-17-8-9-20(14-18(17)2)26-16-22(25)10-12-23(13-11-22)21(24)15-19-6-4-3-5-7-19/h3-9,14,25H,10-13,15-16H2,1-2H3. The van der Waals surface area contributed by atoms with Gasteiger partial charge in [0.1, 0.15) is 18.0 Å². The summed E-state index contributed by atoms with van der Waals surface area (Å²) in [7, 11) is 0. The normalized spacial score (nSPS) is 16.3. The number of aliphatic hydroxyl groups is 1. The molecule has 0 unspecified atom stereocenters. The molecule has 0 radical (unpaired) electrons. The predicted molar refractivity (Wildman–Crippen MR) is 102 cm³/mol. The molecule has 26 heavy (non-hydrogen) atoms. The number of carbonyl (C=O) groups is 1. The quantitative estimate of drug-likeness (QED) is 0.897. The Morgan fingerprint density at radius 1 is 1.08 bits per heavy atom. The molecule has 1 fully saturated rings. The van der Waals surface area contributed by atoms with E-state index in [1.165, 1.54) is 11.1 Å². The Bertz CT molecular complexity index is 749. The fourth-order valence-electron chi connectivity index (χ4n) is 3.22. The summed E-state index contributed by atoms with van der Waals surface area (Å²) in [6.45, 7) is 5.51. The molecular weight excluding hydrogens is 326 g/mol. The Labute approximate surface area is 155 Å². The van der Waals surface area contributed by atoms with Gasteiger partial charge in [-0.1, -0.05) is 36.4 Å². The molecule has 138 valence electrons. The van der Waals surface area contributed by atoms with E-state index in [2.05, 4.69) is 6.92 Å². The number of ether oxygens (including phenoxy) is 1. The molecule has 1 heterocycles. The molecule has 1 aliphatic rings. The number of benzene rings is 2. The molecule has 0 aliphatic carbocycles. The maximum absolute atomic E-state index is 12.4. The number of piperidine rings is 1. The SMILES string of the molecule is Cc1ccc(OCC2(O)CCN(C(=O)Cc3ccccc3)CC2)cc1C. The van der Waals surface area contributed by atoms with Gasteiger partial charge in [-0.3, -0.25) is 4.79 Å². The number of aryl methyl sites for hydroxylation is 2. The van der Waals surface area contributed by atoms with Gasteiger partial charge in [0.25, 0.3) is 0 Å². The van der Waals surface area contributed by atoms with Crippen molar-refractivity contribution in [1.82, 2.24) is 4.90 Å². The van der Waals surface area contributed by atoms with Gasteiger partial charge in [-0.15, -0.1) is 0 Å². The summed E-state index contributed by atoms with van der Waals surface area (Å²) in [4.78, 5) is 14.3. The fourth-order valence-corrected chi connectivity index (χ4v) is 3.22. The predicted octanol–water partition coefficient (Wildman–Crippen LogP) is 3.28. The van der Waals surface area contributed by atoms with E-state index in [0.717, 1.165) is 11.3 Å². The third kappa shape index (κ3) is 4.64. The molecule has 4 heteroatoms. The van der Waals surface area contributed by atoms with Crippen LogP contribution in [0.25, 0.3) is 0 Å². The minimum absolute atomic E-state index is 0.119. The first-order chi connectivity index (χ1) is 12.5. The lowest BCUT2D eigenvalue weighted by atomic mass is 9.92. The van der Waals surface area contributed by atoms with E-state index in [4.69, 9.17) is 4.74 Å². The monoisotopic (exact) mass is 353 g/mol. The van der Waals surface area contributed by atoms with Gasteiger partial charge in [-0.05, 0) is 55.5 Å². The van der Waals surface area contributed by atoms with E-state index in [-0.39, 0.29) is 12.5 Å². The van der Waals surface area contributed by atoms with Gasteiger partial charge in [-0.2, -0.15) is 0 Å². The largest absolute Gasteiger partial charge is 0.491 e. The van der Waals surface area contributed by atoms with Crippen LogP contribution in [-0.2, 0) is 11.2 Å². The van der Waals surface area contributed by atoms with Crippen LogP contribution >= 0.6 is 0 Å². The zero-order chi connectivity index (χ0) is 18.6. The summed E-state index contributed by atoms with van der Waals surface area (Å²) in [6.07, 6.45) is 1.50. The van der Waals surface area contributed by atoms with Crippen molar-refractivity contribution in [3.05, 3.63) is 65.2 Å². The number of nitrogens with zero attached hydrogens (tertiary/aromatic N) is 1. The molecule has 3 rings (SSSR count). The Kier molecular flexibility index (Phi) is 5.62. The first kappa shape index (κ1) is 18.5. The minimum atomic E-state index is -0.873.